The lowest BCUT2D eigenvalue weighted by Gasteiger charge is -2.21. The predicted molar refractivity (Wildman–Crippen MR) is 152 cm³/mol. The molecule has 0 aromatic heterocycles. The molecule has 1 saturated heterocycles. The first-order chi connectivity index (χ1) is 20.1. The van der Waals surface area contributed by atoms with Crippen molar-refractivity contribution in [3.63, 3.8) is 0 Å². The minimum Gasteiger partial charge on any atom is -0.490 e. The fraction of sp³-hybridized carbons (Fsp3) is 0.759. The van der Waals surface area contributed by atoms with Crippen LogP contribution in [0.1, 0.15) is 87.1 Å². The maximum atomic E-state index is 13.0. The first-order valence-electron chi connectivity index (χ1n) is 14.9. The Morgan fingerprint density at radius 1 is 0.905 bits per heavy atom. The number of unbranched alkanes of at least 4 members (excludes halogenated alkanes) is 7. The normalized spacial score (nSPS) is 18.2. The largest absolute Gasteiger partial charge is 0.516 e. The van der Waals surface area contributed by atoms with E-state index in [1.165, 1.54) is 37.8 Å². The van der Waals surface area contributed by atoms with Crippen LogP contribution in [0.4, 0.5) is 13.2 Å². The zero-order valence-electron chi connectivity index (χ0n) is 24.6. The summed E-state index contributed by atoms with van der Waals surface area (Å²) in [7, 11) is -5.89. The van der Waals surface area contributed by atoms with E-state index in [-0.39, 0.29) is 24.5 Å². The van der Waals surface area contributed by atoms with Gasteiger partial charge in [-0.15, -0.1) is 0 Å². The zero-order valence-corrected chi connectivity index (χ0v) is 25.4. The molecule has 42 heavy (non-hydrogen) atoms. The molecule has 1 N–H and O–H groups in total. The van der Waals surface area contributed by atoms with Gasteiger partial charge in [-0.25, -0.2) is 4.72 Å². The van der Waals surface area contributed by atoms with Crippen molar-refractivity contribution >= 4 is 15.9 Å². The summed E-state index contributed by atoms with van der Waals surface area (Å²) >= 11 is 0. The highest BCUT2D eigenvalue weighted by molar-refractivity contribution is 7.90. The van der Waals surface area contributed by atoms with Gasteiger partial charge >= 0.3 is 15.5 Å². The first-order valence-corrected chi connectivity index (χ1v) is 16.4. The van der Waals surface area contributed by atoms with Gasteiger partial charge in [0.1, 0.15) is 18.5 Å². The summed E-state index contributed by atoms with van der Waals surface area (Å²) in [5, 5.41) is 0. The molecule has 2 rings (SSSR count). The second-order valence-corrected chi connectivity index (χ2v) is 11.9. The Labute approximate surface area is 247 Å². The average Bonchev–Trinajstić information content (AvgIpc) is 2.94. The standard InChI is InChI=1S/C29H46F3NO8S/c1-2-3-4-5-6-7-8-9-12-24-13-14-27(26(21-24)28(34)33-42(35,36)29(30,31)32)41-23-25-22-39-17-10-15-37-19-20-38-16-11-18-40-25/h13-14,21,25H,2-12,15-20,22-23H2,1H3,(H,33,34). The number of carbonyl (C=O) groups excluding carboxylic acids is 1. The first kappa shape index (κ1) is 36.3. The van der Waals surface area contributed by atoms with Crippen molar-refractivity contribution in [2.24, 2.45) is 0 Å². The molecule has 1 aromatic carbocycles. The lowest BCUT2D eigenvalue weighted by Crippen LogP contribution is -2.40. The number of benzene rings is 1. The molecule has 0 spiro atoms. The highest BCUT2D eigenvalue weighted by Crippen LogP contribution is 2.26. The van der Waals surface area contributed by atoms with Crippen LogP contribution in [-0.4, -0.2) is 78.8 Å². The van der Waals surface area contributed by atoms with Crippen molar-refractivity contribution < 1.29 is 50.1 Å². The van der Waals surface area contributed by atoms with E-state index in [4.69, 9.17) is 23.7 Å². The third kappa shape index (κ3) is 14.5. The summed E-state index contributed by atoms with van der Waals surface area (Å²) in [6, 6.07) is 4.60. The van der Waals surface area contributed by atoms with Crippen LogP contribution in [0.3, 0.4) is 0 Å². The van der Waals surface area contributed by atoms with E-state index in [1.807, 2.05) is 0 Å². The van der Waals surface area contributed by atoms with E-state index in [0.717, 1.165) is 30.4 Å². The number of halogens is 3. The number of sulfonamides is 1. The molecular formula is C29H46F3NO8S. The molecular weight excluding hydrogens is 579 g/mol. The van der Waals surface area contributed by atoms with Crippen molar-refractivity contribution in [3.8, 4) is 5.75 Å². The summed E-state index contributed by atoms with van der Waals surface area (Å²) < 4.78 is 91.6. The van der Waals surface area contributed by atoms with Crippen molar-refractivity contribution in [2.45, 2.75) is 89.2 Å². The lowest BCUT2D eigenvalue weighted by atomic mass is 10.0. The van der Waals surface area contributed by atoms with Gasteiger partial charge in [0.05, 0.1) is 25.4 Å². The number of amides is 1. The van der Waals surface area contributed by atoms with Gasteiger partial charge in [-0.3, -0.25) is 4.79 Å². The molecule has 1 atom stereocenters. The van der Waals surface area contributed by atoms with Gasteiger partial charge in [0.25, 0.3) is 5.91 Å². The molecule has 0 radical (unpaired) electrons. The fourth-order valence-corrected chi connectivity index (χ4v) is 4.74. The highest BCUT2D eigenvalue weighted by atomic mass is 32.2. The molecule has 1 aromatic rings. The Morgan fingerprint density at radius 3 is 2.19 bits per heavy atom. The van der Waals surface area contributed by atoms with Crippen molar-refractivity contribution in [2.75, 3.05) is 52.9 Å². The molecule has 242 valence electrons. The monoisotopic (exact) mass is 625 g/mol. The van der Waals surface area contributed by atoms with Crippen LogP contribution in [0, 0.1) is 0 Å². The second kappa shape index (κ2) is 20.1. The molecule has 1 fully saturated rings. The summed E-state index contributed by atoms with van der Waals surface area (Å²) in [6.45, 7) is 5.06. The molecule has 0 bridgehead atoms. The van der Waals surface area contributed by atoms with Gasteiger partial charge in [0, 0.05) is 26.4 Å². The maximum absolute atomic E-state index is 13.0. The number of hydrogen-bond acceptors (Lipinski definition) is 8. The third-order valence-electron chi connectivity index (χ3n) is 6.60. The molecule has 1 amide bonds. The smallest absolute Gasteiger partial charge is 0.490 e. The van der Waals surface area contributed by atoms with E-state index in [2.05, 4.69) is 6.92 Å². The number of hydrogen-bond donors (Lipinski definition) is 1. The van der Waals surface area contributed by atoms with Crippen molar-refractivity contribution in [3.05, 3.63) is 29.3 Å². The van der Waals surface area contributed by atoms with Crippen LogP contribution in [-0.2, 0) is 35.4 Å². The van der Waals surface area contributed by atoms with Crippen molar-refractivity contribution in [1.29, 1.82) is 0 Å². The number of rotatable bonds is 14. The quantitative estimate of drug-likeness (QED) is 0.268. The second-order valence-electron chi connectivity index (χ2n) is 10.2. The van der Waals surface area contributed by atoms with Gasteiger partial charge in [-0.05, 0) is 43.4 Å². The molecule has 0 aliphatic carbocycles. The van der Waals surface area contributed by atoms with Crippen LogP contribution >= 0.6 is 0 Å². The van der Waals surface area contributed by atoms with Crippen LogP contribution in [0.2, 0.25) is 0 Å². The Kier molecular flexibility index (Phi) is 17.4. The average molecular weight is 626 g/mol. The van der Waals surface area contributed by atoms with E-state index in [0.29, 0.717) is 64.5 Å². The molecule has 1 heterocycles. The van der Waals surface area contributed by atoms with Crippen LogP contribution in [0.15, 0.2) is 18.2 Å². The molecule has 1 aliphatic rings. The molecule has 13 heteroatoms. The summed E-state index contributed by atoms with van der Waals surface area (Å²) in [5.41, 5.74) is -5.24. The minimum atomic E-state index is -5.89. The van der Waals surface area contributed by atoms with Gasteiger partial charge in [-0.1, -0.05) is 57.9 Å². The summed E-state index contributed by atoms with van der Waals surface area (Å²) in [5.74, 6) is -1.47. The maximum Gasteiger partial charge on any atom is 0.516 e. The molecule has 1 unspecified atom stereocenters. The number of carbonyl (C=O) groups is 1. The third-order valence-corrected chi connectivity index (χ3v) is 7.67. The summed E-state index contributed by atoms with van der Waals surface area (Å²) in [4.78, 5) is 12.8. The van der Waals surface area contributed by atoms with E-state index in [9.17, 15) is 26.4 Å². The molecule has 0 saturated carbocycles. The number of nitrogens with one attached hydrogen (secondary N) is 1. The Bertz CT molecular complexity index is 993. The Hall–Kier alpha value is -1.93. The lowest BCUT2D eigenvalue weighted by molar-refractivity contribution is -0.0516. The van der Waals surface area contributed by atoms with Crippen LogP contribution in [0.5, 0.6) is 5.75 Å². The predicted octanol–water partition coefficient (Wildman–Crippen LogP) is 5.56. The van der Waals surface area contributed by atoms with Crippen LogP contribution < -0.4 is 9.46 Å². The van der Waals surface area contributed by atoms with Crippen LogP contribution in [0.25, 0.3) is 0 Å². The van der Waals surface area contributed by atoms with Gasteiger partial charge in [-0.2, -0.15) is 21.6 Å². The SMILES string of the molecule is CCCCCCCCCCc1ccc(OCC2COCCCOCCOCCCO2)c(C(=O)NS(=O)(=O)C(F)(F)F)c1. The topological polar surface area (TPSA) is 109 Å². The van der Waals surface area contributed by atoms with E-state index < -0.39 is 27.5 Å². The van der Waals surface area contributed by atoms with Gasteiger partial charge in [0.2, 0.25) is 0 Å². The Balaban J connectivity index is 2.07. The number of ether oxygens (including phenoxy) is 5. The fourth-order valence-electron chi connectivity index (χ4n) is 4.27. The number of aryl methyl sites for hydroxylation is 1. The van der Waals surface area contributed by atoms with Gasteiger partial charge in [0.15, 0.2) is 0 Å². The molecule has 9 nitrogen and oxygen atoms in total. The minimum absolute atomic E-state index is 0.0516. The number of alkyl halides is 3. The summed E-state index contributed by atoms with van der Waals surface area (Å²) in [6.07, 6.45) is 10.2. The molecule has 1 aliphatic heterocycles. The Morgan fingerprint density at radius 2 is 1.52 bits per heavy atom. The van der Waals surface area contributed by atoms with E-state index >= 15 is 0 Å². The zero-order chi connectivity index (χ0) is 30.7. The van der Waals surface area contributed by atoms with E-state index in [1.54, 1.807) is 6.07 Å². The van der Waals surface area contributed by atoms with Crippen molar-refractivity contribution in [1.82, 2.24) is 4.72 Å². The highest BCUT2D eigenvalue weighted by Gasteiger charge is 2.47. The van der Waals surface area contributed by atoms with Gasteiger partial charge < -0.3 is 23.7 Å².